The Labute approximate surface area is 92.2 Å². The fourth-order valence-electron chi connectivity index (χ4n) is 1.99. The molecule has 15 heavy (non-hydrogen) atoms. The van der Waals surface area contributed by atoms with Crippen molar-refractivity contribution in [2.24, 2.45) is 0 Å². The average molecular weight is 214 g/mol. The standard InChI is InChI=1S/C11H22N2O2/c1-12-7-4-10(5-8-12)13(2)9-6-11(14)15-3/h10H,4-9H2,1-3H3. The first-order chi connectivity index (χ1) is 7.13. The quantitative estimate of drug-likeness (QED) is 0.641. The van der Waals surface area contributed by atoms with Gasteiger partial charge in [0.25, 0.3) is 0 Å². The van der Waals surface area contributed by atoms with E-state index in [0.717, 1.165) is 19.6 Å². The number of rotatable bonds is 4. The van der Waals surface area contributed by atoms with Crippen molar-refractivity contribution >= 4 is 5.97 Å². The van der Waals surface area contributed by atoms with Crippen LogP contribution in [0.25, 0.3) is 0 Å². The SMILES string of the molecule is COC(=O)CCN(C)C1CCN(C)CC1. The Morgan fingerprint density at radius 1 is 1.47 bits per heavy atom. The van der Waals surface area contributed by atoms with E-state index in [0.29, 0.717) is 12.5 Å². The summed E-state index contributed by atoms with van der Waals surface area (Å²) >= 11 is 0. The Hall–Kier alpha value is -0.610. The Morgan fingerprint density at radius 2 is 2.07 bits per heavy atom. The molecule has 4 nitrogen and oxygen atoms in total. The number of nitrogens with zero attached hydrogens (tertiary/aromatic N) is 2. The molecule has 0 radical (unpaired) electrons. The lowest BCUT2D eigenvalue weighted by molar-refractivity contribution is -0.141. The minimum atomic E-state index is -0.116. The summed E-state index contributed by atoms with van der Waals surface area (Å²) in [5.74, 6) is -0.116. The zero-order chi connectivity index (χ0) is 11.3. The topological polar surface area (TPSA) is 32.8 Å². The number of methoxy groups -OCH3 is 1. The minimum absolute atomic E-state index is 0.116. The van der Waals surface area contributed by atoms with Crippen molar-refractivity contribution in [2.75, 3.05) is 40.8 Å². The van der Waals surface area contributed by atoms with Gasteiger partial charge in [-0.15, -0.1) is 0 Å². The second kappa shape index (κ2) is 6.08. The lowest BCUT2D eigenvalue weighted by Gasteiger charge is -2.34. The molecule has 1 aliphatic rings. The molecule has 0 atom stereocenters. The summed E-state index contributed by atoms with van der Waals surface area (Å²) < 4.78 is 4.63. The molecule has 1 fully saturated rings. The largest absolute Gasteiger partial charge is 0.469 e. The Balaban J connectivity index is 2.22. The molecular weight excluding hydrogens is 192 g/mol. The summed E-state index contributed by atoms with van der Waals surface area (Å²) in [5.41, 5.74) is 0. The van der Waals surface area contributed by atoms with Gasteiger partial charge in [-0.25, -0.2) is 0 Å². The van der Waals surface area contributed by atoms with Crippen LogP contribution in [0.2, 0.25) is 0 Å². The van der Waals surface area contributed by atoms with Gasteiger partial charge in [0.2, 0.25) is 0 Å². The zero-order valence-corrected chi connectivity index (χ0v) is 10.0. The van der Waals surface area contributed by atoms with E-state index in [1.54, 1.807) is 0 Å². The lowest BCUT2D eigenvalue weighted by Crippen LogP contribution is -2.42. The van der Waals surface area contributed by atoms with E-state index in [2.05, 4.69) is 28.6 Å². The van der Waals surface area contributed by atoms with Crippen LogP contribution in [-0.2, 0) is 9.53 Å². The molecule has 0 aromatic heterocycles. The maximum atomic E-state index is 11.0. The van der Waals surface area contributed by atoms with Crippen LogP contribution in [0.3, 0.4) is 0 Å². The van der Waals surface area contributed by atoms with Crippen molar-refractivity contribution in [3.05, 3.63) is 0 Å². The van der Waals surface area contributed by atoms with Crippen LogP contribution in [0.5, 0.6) is 0 Å². The molecule has 1 aliphatic heterocycles. The summed E-state index contributed by atoms with van der Waals surface area (Å²) in [5, 5.41) is 0. The summed E-state index contributed by atoms with van der Waals surface area (Å²) in [7, 11) is 5.70. The molecule has 0 aliphatic carbocycles. The molecule has 1 saturated heterocycles. The third kappa shape index (κ3) is 4.18. The molecule has 0 saturated carbocycles. The van der Waals surface area contributed by atoms with Crippen molar-refractivity contribution in [1.82, 2.24) is 9.80 Å². The van der Waals surface area contributed by atoms with Crippen LogP contribution < -0.4 is 0 Å². The number of esters is 1. The van der Waals surface area contributed by atoms with Crippen molar-refractivity contribution < 1.29 is 9.53 Å². The van der Waals surface area contributed by atoms with Crippen molar-refractivity contribution in [3.8, 4) is 0 Å². The first-order valence-corrected chi connectivity index (χ1v) is 5.59. The van der Waals surface area contributed by atoms with Gasteiger partial charge in [-0.05, 0) is 40.0 Å². The highest BCUT2D eigenvalue weighted by Crippen LogP contribution is 2.14. The lowest BCUT2D eigenvalue weighted by atomic mass is 10.0. The number of piperidine rings is 1. The third-order valence-electron chi connectivity index (χ3n) is 3.21. The minimum Gasteiger partial charge on any atom is -0.469 e. The second-order valence-corrected chi connectivity index (χ2v) is 4.34. The van der Waals surface area contributed by atoms with E-state index in [9.17, 15) is 4.79 Å². The molecule has 0 spiro atoms. The molecule has 0 amide bonds. The van der Waals surface area contributed by atoms with Crippen molar-refractivity contribution in [3.63, 3.8) is 0 Å². The Bertz CT molecular complexity index is 201. The average Bonchev–Trinajstić information content (AvgIpc) is 2.26. The summed E-state index contributed by atoms with van der Waals surface area (Å²) in [6.45, 7) is 3.13. The van der Waals surface area contributed by atoms with Gasteiger partial charge in [-0.2, -0.15) is 0 Å². The maximum Gasteiger partial charge on any atom is 0.306 e. The normalized spacial score (nSPS) is 19.5. The molecular formula is C11H22N2O2. The molecule has 0 aromatic carbocycles. The first kappa shape index (κ1) is 12.5. The van der Waals surface area contributed by atoms with Gasteiger partial charge in [0.05, 0.1) is 13.5 Å². The Morgan fingerprint density at radius 3 is 2.60 bits per heavy atom. The zero-order valence-electron chi connectivity index (χ0n) is 10.0. The van der Waals surface area contributed by atoms with E-state index in [4.69, 9.17) is 0 Å². The summed E-state index contributed by atoms with van der Waals surface area (Å²) in [6.07, 6.45) is 2.90. The number of hydrogen-bond donors (Lipinski definition) is 0. The molecule has 0 bridgehead atoms. The summed E-state index contributed by atoms with van der Waals surface area (Å²) in [4.78, 5) is 15.6. The number of carbonyl (C=O) groups is 1. The highest BCUT2D eigenvalue weighted by atomic mass is 16.5. The van der Waals surface area contributed by atoms with Crippen LogP contribution >= 0.6 is 0 Å². The number of ether oxygens (including phenoxy) is 1. The fourth-order valence-corrected chi connectivity index (χ4v) is 1.99. The molecule has 1 rings (SSSR count). The monoisotopic (exact) mass is 214 g/mol. The van der Waals surface area contributed by atoms with Gasteiger partial charge in [0.1, 0.15) is 0 Å². The van der Waals surface area contributed by atoms with Crippen LogP contribution in [0.1, 0.15) is 19.3 Å². The smallest absolute Gasteiger partial charge is 0.306 e. The molecule has 4 heteroatoms. The number of hydrogen-bond acceptors (Lipinski definition) is 4. The predicted octanol–water partition coefficient (Wildman–Crippen LogP) is 0.575. The Kier molecular flexibility index (Phi) is 5.05. The number of carbonyl (C=O) groups excluding carboxylic acids is 1. The van der Waals surface area contributed by atoms with E-state index >= 15 is 0 Å². The van der Waals surface area contributed by atoms with E-state index < -0.39 is 0 Å². The van der Waals surface area contributed by atoms with Gasteiger partial charge >= 0.3 is 5.97 Å². The van der Waals surface area contributed by atoms with Crippen LogP contribution in [0.15, 0.2) is 0 Å². The van der Waals surface area contributed by atoms with E-state index in [1.165, 1.54) is 20.0 Å². The van der Waals surface area contributed by atoms with Gasteiger partial charge in [-0.1, -0.05) is 0 Å². The molecule has 0 aromatic rings. The van der Waals surface area contributed by atoms with Gasteiger partial charge in [0.15, 0.2) is 0 Å². The molecule has 0 N–H and O–H groups in total. The fraction of sp³-hybridized carbons (Fsp3) is 0.909. The van der Waals surface area contributed by atoms with Crippen LogP contribution in [0.4, 0.5) is 0 Å². The first-order valence-electron chi connectivity index (χ1n) is 5.59. The number of likely N-dealkylation sites (tertiary alicyclic amines) is 1. The van der Waals surface area contributed by atoms with Crippen LogP contribution in [0, 0.1) is 0 Å². The highest BCUT2D eigenvalue weighted by Gasteiger charge is 2.20. The van der Waals surface area contributed by atoms with Gasteiger partial charge in [-0.3, -0.25) is 4.79 Å². The maximum absolute atomic E-state index is 11.0. The van der Waals surface area contributed by atoms with Crippen LogP contribution in [-0.4, -0.2) is 62.7 Å². The van der Waals surface area contributed by atoms with Crippen molar-refractivity contribution in [2.45, 2.75) is 25.3 Å². The van der Waals surface area contributed by atoms with E-state index in [1.807, 2.05) is 0 Å². The summed E-state index contributed by atoms with van der Waals surface area (Å²) in [6, 6.07) is 0.630. The van der Waals surface area contributed by atoms with Gasteiger partial charge < -0.3 is 14.5 Å². The van der Waals surface area contributed by atoms with E-state index in [-0.39, 0.29) is 5.97 Å². The third-order valence-corrected chi connectivity index (χ3v) is 3.21. The molecule has 1 heterocycles. The van der Waals surface area contributed by atoms with Crippen molar-refractivity contribution in [1.29, 1.82) is 0 Å². The predicted molar refractivity (Wildman–Crippen MR) is 59.8 cm³/mol. The van der Waals surface area contributed by atoms with Gasteiger partial charge in [0, 0.05) is 12.6 Å². The molecule has 88 valence electrons. The second-order valence-electron chi connectivity index (χ2n) is 4.34. The highest BCUT2D eigenvalue weighted by molar-refractivity contribution is 5.69. The molecule has 0 unspecified atom stereocenters.